The summed E-state index contributed by atoms with van der Waals surface area (Å²) in [7, 11) is 0. The minimum Gasteiger partial charge on any atom is -0.341 e. The second-order valence-corrected chi connectivity index (χ2v) is 4.32. The molecule has 94 valence electrons. The number of hydrogen-bond acceptors (Lipinski definition) is 4. The van der Waals surface area contributed by atoms with Crippen molar-refractivity contribution in [2.75, 3.05) is 13.1 Å². The largest absolute Gasteiger partial charge is 0.352 e. The third kappa shape index (κ3) is 1.77. The van der Waals surface area contributed by atoms with E-state index in [0.717, 1.165) is 25.9 Å². The van der Waals surface area contributed by atoms with Gasteiger partial charge in [-0.2, -0.15) is 0 Å². The van der Waals surface area contributed by atoms with Gasteiger partial charge >= 0.3 is 5.69 Å². The number of hydrogen-bond donors (Lipinski definition) is 0. The maximum atomic E-state index is 11.9. The van der Waals surface area contributed by atoms with Gasteiger partial charge < -0.3 is 4.90 Å². The number of nitrogens with zero attached hydrogens (tertiary/aromatic N) is 5. The number of carbonyl (C=O) groups is 1. The topological polar surface area (TPSA) is 72.5 Å². The highest BCUT2D eigenvalue weighted by Gasteiger charge is 2.19. The van der Waals surface area contributed by atoms with Gasteiger partial charge in [-0.25, -0.2) is 18.9 Å². The van der Waals surface area contributed by atoms with Gasteiger partial charge in [0, 0.05) is 25.5 Å². The molecular formula is C11H13N5O2. The SMILES string of the molecule is O=C(Cn1nc2ncccn2c1=O)N1CCCC1. The molecule has 1 aliphatic heterocycles. The van der Waals surface area contributed by atoms with Crippen molar-refractivity contribution in [3.05, 3.63) is 28.9 Å². The second-order valence-electron chi connectivity index (χ2n) is 4.32. The van der Waals surface area contributed by atoms with Crippen LogP contribution in [0.2, 0.25) is 0 Å². The Hall–Kier alpha value is -2.18. The Bertz CT molecular complexity index is 638. The highest BCUT2D eigenvalue weighted by Crippen LogP contribution is 2.07. The minimum atomic E-state index is -0.328. The Morgan fingerprint density at radius 3 is 2.83 bits per heavy atom. The zero-order valence-corrected chi connectivity index (χ0v) is 9.82. The lowest BCUT2D eigenvalue weighted by atomic mass is 10.4. The fraction of sp³-hybridized carbons (Fsp3) is 0.455. The summed E-state index contributed by atoms with van der Waals surface area (Å²) < 4.78 is 2.50. The molecular weight excluding hydrogens is 234 g/mol. The molecule has 0 saturated carbocycles. The van der Waals surface area contributed by atoms with E-state index in [1.54, 1.807) is 23.4 Å². The van der Waals surface area contributed by atoms with Gasteiger partial charge in [0.25, 0.3) is 5.78 Å². The Labute approximate surface area is 103 Å². The van der Waals surface area contributed by atoms with Gasteiger partial charge in [-0.05, 0) is 18.9 Å². The van der Waals surface area contributed by atoms with E-state index in [1.807, 2.05) is 0 Å². The zero-order chi connectivity index (χ0) is 12.5. The first-order valence-corrected chi connectivity index (χ1v) is 5.94. The normalized spacial score (nSPS) is 15.4. The van der Waals surface area contributed by atoms with E-state index in [0.29, 0.717) is 5.78 Å². The summed E-state index contributed by atoms with van der Waals surface area (Å²) in [5.41, 5.74) is -0.328. The van der Waals surface area contributed by atoms with Crippen molar-refractivity contribution in [1.29, 1.82) is 0 Å². The van der Waals surface area contributed by atoms with Crippen LogP contribution in [0.4, 0.5) is 0 Å². The maximum absolute atomic E-state index is 11.9. The Morgan fingerprint density at radius 1 is 1.33 bits per heavy atom. The van der Waals surface area contributed by atoms with Crippen LogP contribution < -0.4 is 5.69 Å². The van der Waals surface area contributed by atoms with E-state index in [1.165, 1.54) is 9.08 Å². The molecule has 0 radical (unpaired) electrons. The van der Waals surface area contributed by atoms with Gasteiger partial charge in [0.2, 0.25) is 5.91 Å². The third-order valence-electron chi connectivity index (χ3n) is 3.11. The fourth-order valence-corrected chi connectivity index (χ4v) is 2.16. The van der Waals surface area contributed by atoms with Crippen LogP contribution in [0.25, 0.3) is 5.78 Å². The van der Waals surface area contributed by atoms with Crippen LogP contribution in [0, 0.1) is 0 Å². The van der Waals surface area contributed by atoms with Crippen LogP contribution in [-0.4, -0.2) is 43.1 Å². The van der Waals surface area contributed by atoms with E-state index in [9.17, 15) is 9.59 Å². The highest BCUT2D eigenvalue weighted by molar-refractivity contribution is 5.76. The summed E-state index contributed by atoms with van der Waals surface area (Å²) in [6.07, 6.45) is 5.23. The Kier molecular flexibility index (Phi) is 2.58. The molecule has 1 fully saturated rings. The number of amides is 1. The van der Waals surface area contributed by atoms with E-state index >= 15 is 0 Å². The van der Waals surface area contributed by atoms with Crippen LogP contribution in [-0.2, 0) is 11.3 Å². The summed E-state index contributed by atoms with van der Waals surface area (Å²) in [5.74, 6) is 0.259. The first kappa shape index (κ1) is 10.9. The van der Waals surface area contributed by atoms with Crippen LogP contribution in [0.1, 0.15) is 12.8 Å². The van der Waals surface area contributed by atoms with Crippen LogP contribution in [0.15, 0.2) is 23.3 Å². The minimum absolute atomic E-state index is 0.0117. The lowest BCUT2D eigenvalue weighted by molar-refractivity contribution is -0.131. The highest BCUT2D eigenvalue weighted by atomic mass is 16.2. The molecule has 0 bridgehead atoms. The standard InChI is InChI=1S/C11H13N5O2/c17-9(14-5-1-2-6-14)8-16-11(18)15-7-3-4-12-10(15)13-16/h3-4,7H,1-2,5-6,8H2. The molecule has 18 heavy (non-hydrogen) atoms. The molecule has 2 aromatic rings. The molecule has 0 N–H and O–H groups in total. The summed E-state index contributed by atoms with van der Waals surface area (Å²) in [5, 5.41) is 4.03. The molecule has 3 rings (SSSR count). The molecule has 7 heteroatoms. The molecule has 0 aliphatic carbocycles. The van der Waals surface area contributed by atoms with Gasteiger partial charge in [0.1, 0.15) is 6.54 Å². The quantitative estimate of drug-likeness (QED) is 0.718. The summed E-state index contributed by atoms with van der Waals surface area (Å²) >= 11 is 0. The summed E-state index contributed by atoms with van der Waals surface area (Å²) in [6, 6.07) is 1.66. The van der Waals surface area contributed by atoms with Crippen molar-refractivity contribution < 1.29 is 4.79 Å². The summed E-state index contributed by atoms with van der Waals surface area (Å²) in [6.45, 7) is 1.54. The van der Waals surface area contributed by atoms with Crippen molar-refractivity contribution in [3.63, 3.8) is 0 Å². The van der Waals surface area contributed by atoms with Gasteiger partial charge in [-0.3, -0.25) is 4.79 Å². The number of aromatic nitrogens is 4. The zero-order valence-electron chi connectivity index (χ0n) is 9.82. The average molecular weight is 247 g/mol. The first-order valence-electron chi connectivity index (χ1n) is 5.94. The van der Waals surface area contributed by atoms with Gasteiger partial charge in [0.05, 0.1) is 0 Å². The van der Waals surface area contributed by atoms with Crippen LogP contribution in [0.5, 0.6) is 0 Å². The molecule has 1 aliphatic rings. The predicted molar refractivity (Wildman–Crippen MR) is 63.1 cm³/mol. The van der Waals surface area contributed by atoms with Crippen molar-refractivity contribution >= 4 is 11.7 Å². The van der Waals surface area contributed by atoms with E-state index in [-0.39, 0.29) is 18.1 Å². The van der Waals surface area contributed by atoms with E-state index in [4.69, 9.17) is 0 Å². The molecule has 0 spiro atoms. The van der Waals surface area contributed by atoms with Crippen molar-refractivity contribution in [2.45, 2.75) is 19.4 Å². The van der Waals surface area contributed by atoms with Crippen molar-refractivity contribution in [2.24, 2.45) is 0 Å². The van der Waals surface area contributed by atoms with Gasteiger partial charge in [-0.1, -0.05) is 0 Å². The molecule has 1 saturated heterocycles. The number of carbonyl (C=O) groups excluding carboxylic acids is 1. The third-order valence-corrected chi connectivity index (χ3v) is 3.11. The molecule has 3 heterocycles. The fourth-order valence-electron chi connectivity index (χ4n) is 2.16. The smallest absolute Gasteiger partial charge is 0.341 e. The monoisotopic (exact) mass is 247 g/mol. The lowest BCUT2D eigenvalue weighted by Gasteiger charge is -2.14. The lowest BCUT2D eigenvalue weighted by Crippen LogP contribution is -2.34. The molecule has 0 unspecified atom stereocenters. The van der Waals surface area contributed by atoms with Crippen LogP contribution >= 0.6 is 0 Å². The molecule has 0 atom stereocenters. The van der Waals surface area contributed by atoms with Crippen LogP contribution in [0.3, 0.4) is 0 Å². The summed E-state index contributed by atoms with van der Waals surface area (Å²) in [4.78, 5) is 29.6. The Morgan fingerprint density at radius 2 is 2.11 bits per heavy atom. The molecule has 7 nitrogen and oxygen atoms in total. The number of rotatable bonds is 2. The number of fused-ring (bicyclic) bond motifs is 1. The second kappa shape index (κ2) is 4.25. The van der Waals surface area contributed by atoms with Gasteiger partial charge in [0.15, 0.2) is 0 Å². The predicted octanol–water partition coefficient (Wildman–Crippen LogP) is -0.487. The van der Waals surface area contributed by atoms with E-state index in [2.05, 4.69) is 10.1 Å². The van der Waals surface area contributed by atoms with E-state index < -0.39 is 0 Å². The van der Waals surface area contributed by atoms with Gasteiger partial charge in [-0.15, -0.1) is 5.10 Å². The maximum Gasteiger partial charge on any atom is 0.352 e. The average Bonchev–Trinajstić information content (AvgIpc) is 3.00. The van der Waals surface area contributed by atoms with Crippen molar-refractivity contribution in [3.8, 4) is 0 Å². The molecule has 1 amide bonds. The molecule has 2 aromatic heterocycles. The first-order chi connectivity index (χ1) is 8.75. The molecule has 0 aromatic carbocycles. The van der Waals surface area contributed by atoms with Crippen molar-refractivity contribution in [1.82, 2.24) is 24.1 Å². The Balaban J connectivity index is 1.88. The number of likely N-dealkylation sites (tertiary alicyclic amines) is 1.